The van der Waals surface area contributed by atoms with Crippen molar-refractivity contribution in [3.63, 3.8) is 0 Å². The van der Waals surface area contributed by atoms with Gasteiger partial charge in [-0.3, -0.25) is 0 Å². The number of hydrogen-bond donors (Lipinski definition) is 1. The van der Waals surface area contributed by atoms with Crippen LogP contribution in [0.3, 0.4) is 0 Å². The zero-order chi connectivity index (χ0) is 24.6. The number of carbonyl (C=O) groups is 1. The van der Waals surface area contributed by atoms with Crippen LogP contribution in [0.5, 0.6) is 0 Å². The zero-order valence-electron chi connectivity index (χ0n) is 19.4. The van der Waals surface area contributed by atoms with Crippen molar-refractivity contribution >= 4 is 25.8 Å². The Morgan fingerprint density at radius 1 is 1.06 bits per heavy atom. The van der Waals surface area contributed by atoms with Crippen molar-refractivity contribution in [3.05, 3.63) is 71.0 Å². The molecule has 0 spiro atoms. The van der Waals surface area contributed by atoms with Gasteiger partial charge in [0.05, 0.1) is 16.8 Å². The average molecular weight is 492 g/mol. The highest BCUT2D eigenvalue weighted by molar-refractivity contribution is 7.99. The van der Waals surface area contributed by atoms with Crippen molar-refractivity contribution in [2.75, 3.05) is 5.75 Å². The van der Waals surface area contributed by atoms with Crippen LogP contribution in [0.1, 0.15) is 27.3 Å². The van der Waals surface area contributed by atoms with E-state index in [2.05, 4.69) is 19.6 Å². The third-order valence-corrected chi connectivity index (χ3v) is 8.56. The molecule has 0 aliphatic heterocycles. The maximum absolute atomic E-state index is 13.7. The van der Waals surface area contributed by atoms with Gasteiger partial charge in [-0.25, -0.2) is 4.79 Å². The van der Waals surface area contributed by atoms with E-state index in [0.29, 0.717) is 33.1 Å². The fraction of sp³-hybridized carbons (Fsp3) is 0.320. The van der Waals surface area contributed by atoms with E-state index in [1.54, 1.807) is 54.8 Å². The molecule has 0 unspecified atom stereocenters. The molecule has 0 radical (unpaired) electrons. The second-order valence-electron chi connectivity index (χ2n) is 9.35. The van der Waals surface area contributed by atoms with Crippen LogP contribution in [0.15, 0.2) is 53.4 Å². The Labute approximate surface area is 197 Å². The normalized spacial score (nSPS) is 12.2. The fourth-order valence-corrected chi connectivity index (χ4v) is 7.25. The monoisotopic (exact) mass is 491 g/mol. The number of thioether (sulfide) groups is 1. The quantitative estimate of drug-likeness (QED) is 0.270. The maximum atomic E-state index is 13.7. The number of para-hydroxylation sites is 1. The van der Waals surface area contributed by atoms with Crippen molar-refractivity contribution in [1.29, 1.82) is 0 Å². The third kappa shape index (κ3) is 5.92. The van der Waals surface area contributed by atoms with Gasteiger partial charge in [0, 0.05) is 29.9 Å². The van der Waals surface area contributed by atoms with Gasteiger partial charge in [-0.05, 0) is 61.5 Å². The molecule has 0 atom stereocenters. The molecule has 3 aromatic rings. The van der Waals surface area contributed by atoms with E-state index in [4.69, 9.17) is 0 Å². The Balaban J connectivity index is 2.14. The SMILES string of the molecule is Cc1cc(C(=O)O)c(C)n1-c1ccccc1-c1cc(SCC[Si](C)(C)C)cc(C(F)(F)F)c1. The first-order valence-corrected chi connectivity index (χ1v) is 15.3. The van der Waals surface area contributed by atoms with E-state index in [1.165, 1.54) is 23.9 Å². The van der Waals surface area contributed by atoms with E-state index >= 15 is 0 Å². The lowest BCUT2D eigenvalue weighted by Gasteiger charge is -2.18. The van der Waals surface area contributed by atoms with E-state index in [0.717, 1.165) is 11.8 Å². The summed E-state index contributed by atoms with van der Waals surface area (Å²) in [5.74, 6) is -0.261. The number of nitrogens with zero attached hydrogens (tertiary/aromatic N) is 1. The predicted octanol–water partition coefficient (Wildman–Crippen LogP) is 7.91. The number of aromatic nitrogens is 1. The molecule has 1 heterocycles. The Bertz CT molecular complexity index is 1180. The van der Waals surface area contributed by atoms with Gasteiger partial charge in [-0.1, -0.05) is 37.8 Å². The van der Waals surface area contributed by atoms with Crippen LogP contribution in [0, 0.1) is 13.8 Å². The van der Waals surface area contributed by atoms with Gasteiger partial charge < -0.3 is 9.67 Å². The van der Waals surface area contributed by atoms with Crippen LogP contribution in [-0.2, 0) is 6.18 Å². The molecule has 0 bridgehead atoms. The number of hydrogen-bond acceptors (Lipinski definition) is 2. The molecule has 1 N–H and O–H groups in total. The number of aromatic carboxylic acids is 1. The lowest BCUT2D eigenvalue weighted by Crippen LogP contribution is -2.19. The summed E-state index contributed by atoms with van der Waals surface area (Å²) in [6.45, 7) is 10.2. The van der Waals surface area contributed by atoms with Crippen molar-refractivity contribution in [3.8, 4) is 16.8 Å². The molecule has 176 valence electrons. The molecule has 8 heteroatoms. The largest absolute Gasteiger partial charge is 0.478 e. The van der Waals surface area contributed by atoms with Gasteiger partial charge in [0.2, 0.25) is 0 Å². The number of rotatable bonds is 7. The van der Waals surface area contributed by atoms with Crippen molar-refractivity contribution in [2.24, 2.45) is 0 Å². The number of aryl methyl sites for hydroxylation is 1. The lowest BCUT2D eigenvalue weighted by atomic mass is 10.0. The second-order valence-corrected chi connectivity index (χ2v) is 16.1. The standard InChI is InChI=1S/C25H28F3NO2SSi/c1-16-12-22(24(30)31)17(2)29(16)23-9-7-6-8-21(23)18-13-19(25(26,27)28)15-20(14-18)32-10-11-33(3,4)5/h6-9,12-15H,10-11H2,1-5H3,(H,30,31). The van der Waals surface area contributed by atoms with Gasteiger partial charge in [0.15, 0.2) is 0 Å². The number of halogens is 3. The topological polar surface area (TPSA) is 42.2 Å². The molecular weight excluding hydrogens is 463 g/mol. The molecule has 2 aromatic carbocycles. The summed E-state index contributed by atoms with van der Waals surface area (Å²) < 4.78 is 43.0. The summed E-state index contributed by atoms with van der Waals surface area (Å²) in [4.78, 5) is 12.2. The third-order valence-electron chi connectivity index (χ3n) is 5.47. The minimum Gasteiger partial charge on any atom is -0.478 e. The maximum Gasteiger partial charge on any atom is 0.416 e. The number of alkyl halides is 3. The molecule has 33 heavy (non-hydrogen) atoms. The number of carboxylic acid groups (broad SMARTS) is 1. The molecule has 0 fully saturated rings. The Morgan fingerprint density at radius 3 is 2.30 bits per heavy atom. The van der Waals surface area contributed by atoms with E-state index < -0.39 is 25.8 Å². The minimum absolute atomic E-state index is 0.175. The summed E-state index contributed by atoms with van der Waals surface area (Å²) in [5, 5.41) is 9.50. The predicted molar refractivity (Wildman–Crippen MR) is 132 cm³/mol. The molecule has 0 saturated carbocycles. The van der Waals surface area contributed by atoms with Gasteiger partial charge in [0.1, 0.15) is 0 Å². The highest BCUT2D eigenvalue weighted by atomic mass is 32.2. The molecule has 0 aliphatic carbocycles. The summed E-state index contributed by atoms with van der Waals surface area (Å²) in [6.07, 6.45) is -4.46. The van der Waals surface area contributed by atoms with Crippen LogP contribution in [-0.4, -0.2) is 29.5 Å². The van der Waals surface area contributed by atoms with Crippen molar-refractivity contribution in [2.45, 2.75) is 50.6 Å². The molecule has 0 saturated heterocycles. The van der Waals surface area contributed by atoms with Crippen molar-refractivity contribution in [1.82, 2.24) is 4.57 Å². The summed E-state index contributed by atoms with van der Waals surface area (Å²) in [7, 11) is -1.31. The molecule has 0 amide bonds. The van der Waals surface area contributed by atoms with Gasteiger partial charge in [-0.2, -0.15) is 13.2 Å². The first-order valence-electron chi connectivity index (χ1n) is 10.6. The fourth-order valence-electron chi connectivity index (χ4n) is 3.74. The summed E-state index contributed by atoms with van der Waals surface area (Å²) in [5.41, 5.74) is 2.46. The van der Waals surface area contributed by atoms with E-state index in [9.17, 15) is 23.1 Å². The summed E-state index contributed by atoms with van der Waals surface area (Å²) in [6, 6.07) is 14.0. The molecule has 3 nitrogen and oxygen atoms in total. The van der Waals surface area contributed by atoms with Crippen LogP contribution >= 0.6 is 11.8 Å². The van der Waals surface area contributed by atoms with Crippen LogP contribution in [0.2, 0.25) is 25.7 Å². The lowest BCUT2D eigenvalue weighted by molar-refractivity contribution is -0.137. The highest BCUT2D eigenvalue weighted by Gasteiger charge is 2.31. The van der Waals surface area contributed by atoms with E-state index in [-0.39, 0.29) is 5.56 Å². The minimum atomic E-state index is -4.46. The first-order chi connectivity index (χ1) is 15.3. The van der Waals surface area contributed by atoms with Crippen LogP contribution < -0.4 is 0 Å². The number of benzene rings is 2. The Hall–Kier alpha value is -2.45. The first kappa shape index (κ1) is 25.2. The van der Waals surface area contributed by atoms with Gasteiger partial charge >= 0.3 is 12.1 Å². The van der Waals surface area contributed by atoms with Gasteiger partial charge in [-0.15, -0.1) is 11.8 Å². The summed E-state index contributed by atoms with van der Waals surface area (Å²) >= 11 is 1.45. The van der Waals surface area contributed by atoms with E-state index in [1.807, 2.05) is 0 Å². The average Bonchev–Trinajstić information content (AvgIpc) is 3.00. The molecule has 1 aromatic heterocycles. The smallest absolute Gasteiger partial charge is 0.416 e. The number of carboxylic acids is 1. The van der Waals surface area contributed by atoms with Crippen LogP contribution in [0.4, 0.5) is 13.2 Å². The van der Waals surface area contributed by atoms with Crippen LogP contribution in [0.25, 0.3) is 16.8 Å². The van der Waals surface area contributed by atoms with Gasteiger partial charge in [0.25, 0.3) is 0 Å². The Kier molecular flexibility index (Phi) is 7.19. The zero-order valence-corrected chi connectivity index (χ0v) is 21.2. The molecule has 3 rings (SSSR count). The van der Waals surface area contributed by atoms with Crippen molar-refractivity contribution < 1.29 is 23.1 Å². The molecular formula is C25H28F3NO2SSi. The second kappa shape index (κ2) is 9.42. The Morgan fingerprint density at radius 2 is 1.73 bits per heavy atom. The highest BCUT2D eigenvalue weighted by Crippen LogP contribution is 2.38. The molecule has 0 aliphatic rings.